The first kappa shape index (κ1) is 21.4. The monoisotopic (exact) mass is 418 g/mol. The molecule has 0 saturated carbocycles. The Bertz CT molecular complexity index is 1020. The average molecular weight is 419 g/mol. The molecule has 2 N–H and O–H groups in total. The molecule has 164 valence electrons. The van der Waals surface area contributed by atoms with Crippen LogP contribution in [0.25, 0.3) is 22.2 Å². The van der Waals surface area contributed by atoms with E-state index in [4.69, 9.17) is 9.97 Å². The molecule has 0 atom stereocenters. The summed E-state index contributed by atoms with van der Waals surface area (Å²) in [5.41, 5.74) is 6.60. The average Bonchev–Trinajstić information content (AvgIpc) is 2.74. The fraction of sp³-hybridized carbons (Fsp3) is 0.440. The molecule has 1 saturated heterocycles. The summed E-state index contributed by atoms with van der Waals surface area (Å²) in [4.78, 5) is 14.2. The molecule has 4 rings (SSSR count). The topological polar surface area (TPSA) is 56.3 Å². The second-order valence-electron chi connectivity index (χ2n) is 8.51. The van der Waals surface area contributed by atoms with E-state index >= 15 is 0 Å². The highest BCUT2D eigenvalue weighted by molar-refractivity contribution is 5.96. The van der Waals surface area contributed by atoms with Crippen LogP contribution in [0.4, 0.5) is 17.2 Å². The molecule has 0 unspecified atom stereocenters. The van der Waals surface area contributed by atoms with Gasteiger partial charge in [-0.15, -0.1) is 0 Å². The number of nitrogens with zero attached hydrogens (tertiary/aromatic N) is 4. The van der Waals surface area contributed by atoms with Gasteiger partial charge in [0, 0.05) is 55.2 Å². The zero-order chi connectivity index (χ0) is 21.8. The number of aryl methyl sites for hydroxylation is 1. The minimum Gasteiger partial charge on any atom is -0.388 e. The number of pyridine rings is 2. The molecule has 2 aromatic heterocycles. The predicted molar refractivity (Wildman–Crippen MR) is 132 cm³/mol. The molecule has 0 amide bonds. The SMILES string of the molecule is CCc1cc2c(NCCCN(C)C)cc(-c3ccc(N4CCC4)nc3)nc2cc1NC. The van der Waals surface area contributed by atoms with Crippen molar-refractivity contribution in [2.24, 2.45) is 0 Å². The summed E-state index contributed by atoms with van der Waals surface area (Å²) in [6.07, 6.45) is 5.28. The first-order valence-electron chi connectivity index (χ1n) is 11.3. The van der Waals surface area contributed by atoms with Gasteiger partial charge in [0.05, 0.1) is 11.2 Å². The number of aromatic nitrogens is 2. The maximum absolute atomic E-state index is 5.01. The van der Waals surface area contributed by atoms with E-state index in [1.54, 1.807) is 0 Å². The van der Waals surface area contributed by atoms with Crippen molar-refractivity contribution in [3.05, 3.63) is 42.1 Å². The van der Waals surface area contributed by atoms with E-state index in [0.717, 1.165) is 73.0 Å². The third kappa shape index (κ3) is 4.74. The largest absolute Gasteiger partial charge is 0.388 e. The summed E-state index contributed by atoms with van der Waals surface area (Å²) < 4.78 is 0. The Morgan fingerprint density at radius 3 is 2.55 bits per heavy atom. The van der Waals surface area contributed by atoms with Crippen LogP contribution in [-0.2, 0) is 6.42 Å². The van der Waals surface area contributed by atoms with E-state index in [0.29, 0.717) is 0 Å². The molecule has 31 heavy (non-hydrogen) atoms. The third-order valence-corrected chi connectivity index (χ3v) is 6.01. The second-order valence-corrected chi connectivity index (χ2v) is 8.51. The molecule has 6 nitrogen and oxygen atoms in total. The van der Waals surface area contributed by atoms with Crippen LogP contribution in [0, 0.1) is 0 Å². The number of anilines is 3. The molecule has 0 aliphatic carbocycles. The van der Waals surface area contributed by atoms with Crippen molar-refractivity contribution in [2.75, 3.05) is 62.9 Å². The van der Waals surface area contributed by atoms with Gasteiger partial charge in [0.25, 0.3) is 0 Å². The van der Waals surface area contributed by atoms with Crippen molar-refractivity contribution in [2.45, 2.75) is 26.2 Å². The summed E-state index contributed by atoms with van der Waals surface area (Å²) in [6, 6.07) is 10.9. The molecule has 6 heteroatoms. The summed E-state index contributed by atoms with van der Waals surface area (Å²) in [5.74, 6) is 1.06. The van der Waals surface area contributed by atoms with Gasteiger partial charge in [0.1, 0.15) is 5.82 Å². The van der Waals surface area contributed by atoms with Gasteiger partial charge in [-0.05, 0) is 75.8 Å². The Balaban J connectivity index is 1.70. The lowest BCUT2D eigenvalue weighted by molar-refractivity contribution is 0.405. The predicted octanol–water partition coefficient (Wildman–Crippen LogP) is 4.47. The molecule has 1 fully saturated rings. The van der Waals surface area contributed by atoms with Gasteiger partial charge in [-0.1, -0.05) is 6.92 Å². The molecule has 0 spiro atoms. The number of benzene rings is 1. The van der Waals surface area contributed by atoms with E-state index < -0.39 is 0 Å². The van der Waals surface area contributed by atoms with Gasteiger partial charge in [-0.25, -0.2) is 9.97 Å². The quantitative estimate of drug-likeness (QED) is 0.500. The molecular formula is C25H34N6. The van der Waals surface area contributed by atoms with Crippen LogP contribution in [-0.4, -0.2) is 62.2 Å². The minimum atomic E-state index is 0.929. The maximum Gasteiger partial charge on any atom is 0.128 e. The van der Waals surface area contributed by atoms with Crippen LogP contribution in [0.3, 0.4) is 0 Å². The summed E-state index contributed by atoms with van der Waals surface area (Å²) in [6.45, 7) is 6.40. The number of fused-ring (bicyclic) bond motifs is 1. The Hall–Kier alpha value is -2.86. The molecule has 1 aliphatic rings. The summed E-state index contributed by atoms with van der Waals surface area (Å²) in [7, 11) is 6.20. The van der Waals surface area contributed by atoms with Gasteiger partial charge in [0.2, 0.25) is 0 Å². The van der Waals surface area contributed by atoms with E-state index in [1.165, 1.54) is 17.4 Å². The zero-order valence-electron chi connectivity index (χ0n) is 19.2. The second kappa shape index (κ2) is 9.52. The van der Waals surface area contributed by atoms with Crippen molar-refractivity contribution in [3.63, 3.8) is 0 Å². The lowest BCUT2D eigenvalue weighted by Gasteiger charge is -2.31. The van der Waals surface area contributed by atoms with E-state index in [9.17, 15) is 0 Å². The van der Waals surface area contributed by atoms with Crippen LogP contribution in [0.15, 0.2) is 36.5 Å². The normalized spacial score (nSPS) is 13.5. The lowest BCUT2D eigenvalue weighted by Crippen LogP contribution is -2.37. The zero-order valence-corrected chi connectivity index (χ0v) is 19.2. The molecule has 1 aromatic carbocycles. The van der Waals surface area contributed by atoms with E-state index in [-0.39, 0.29) is 0 Å². The number of nitrogens with one attached hydrogen (secondary N) is 2. The van der Waals surface area contributed by atoms with Crippen molar-refractivity contribution < 1.29 is 0 Å². The fourth-order valence-electron chi connectivity index (χ4n) is 4.03. The molecule has 3 heterocycles. The third-order valence-electron chi connectivity index (χ3n) is 6.01. The number of hydrogen-bond donors (Lipinski definition) is 2. The van der Waals surface area contributed by atoms with Crippen molar-refractivity contribution >= 4 is 28.1 Å². The standard InChI is InChI=1S/C25H34N6/c1-5-18-14-20-23(27-10-6-11-30(3)4)16-22(29-24(20)15-21(18)26-2)19-8-9-25(28-17-19)31-12-7-13-31/h8-9,14-17,26H,5-7,10-13H2,1-4H3,(H,27,29). The Morgan fingerprint density at radius 1 is 1.10 bits per heavy atom. The first-order chi connectivity index (χ1) is 15.1. The molecule has 1 aliphatic heterocycles. The van der Waals surface area contributed by atoms with Crippen LogP contribution in [0.1, 0.15) is 25.3 Å². The van der Waals surface area contributed by atoms with Crippen molar-refractivity contribution in [1.82, 2.24) is 14.9 Å². The Kier molecular flexibility index (Phi) is 6.56. The number of rotatable bonds is 9. The van der Waals surface area contributed by atoms with Gasteiger partial charge >= 0.3 is 0 Å². The van der Waals surface area contributed by atoms with Gasteiger partial charge in [-0.2, -0.15) is 0 Å². The maximum atomic E-state index is 5.01. The van der Waals surface area contributed by atoms with Gasteiger partial charge in [0.15, 0.2) is 0 Å². The summed E-state index contributed by atoms with van der Waals surface area (Å²) in [5, 5.41) is 8.18. The highest BCUT2D eigenvalue weighted by Gasteiger charge is 2.16. The van der Waals surface area contributed by atoms with Crippen LogP contribution in [0.5, 0.6) is 0 Å². The van der Waals surface area contributed by atoms with Gasteiger partial charge < -0.3 is 20.4 Å². The van der Waals surface area contributed by atoms with Gasteiger partial charge in [-0.3, -0.25) is 0 Å². The highest BCUT2D eigenvalue weighted by Crippen LogP contribution is 2.32. The number of hydrogen-bond acceptors (Lipinski definition) is 6. The fourth-order valence-corrected chi connectivity index (χ4v) is 4.03. The molecule has 3 aromatic rings. The van der Waals surface area contributed by atoms with Crippen molar-refractivity contribution in [3.8, 4) is 11.3 Å². The Labute approximate surface area is 185 Å². The summed E-state index contributed by atoms with van der Waals surface area (Å²) >= 11 is 0. The van der Waals surface area contributed by atoms with Crippen LogP contribution in [0.2, 0.25) is 0 Å². The highest BCUT2D eigenvalue weighted by atomic mass is 15.2. The van der Waals surface area contributed by atoms with Crippen LogP contribution >= 0.6 is 0 Å². The van der Waals surface area contributed by atoms with E-state index in [1.807, 2.05) is 13.2 Å². The molecular weight excluding hydrogens is 384 g/mol. The first-order valence-corrected chi connectivity index (χ1v) is 11.3. The lowest BCUT2D eigenvalue weighted by atomic mass is 10.0. The smallest absolute Gasteiger partial charge is 0.128 e. The van der Waals surface area contributed by atoms with E-state index in [2.05, 4.69) is 71.8 Å². The molecule has 0 bridgehead atoms. The Morgan fingerprint density at radius 2 is 1.94 bits per heavy atom. The van der Waals surface area contributed by atoms with Crippen LogP contribution < -0.4 is 15.5 Å². The van der Waals surface area contributed by atoms with Crippen molar-refractivity contribution in [1.29, 1.82) is 0 Å². The molecule has 0 radical (unpaired) electrons. The minimum absolute atomic E-state index is 0.929.